The summed E-state index contributed by atoms with van der Waals surface area (Å²) >= 11 is 0. The first kappa shape index (κ1) is 32.2. The third-order valence-electron chi connectivity index (χ3n) is 8.73. The van der Waals surface area contributed by atoms with Crippen LogP contribution in [0.1, 0.15) is 5.69 Å². The van der Waals surface area contributed by atoms with Crippen LogP contribution in [0.25, 0.3) is 55.9 Å². The van der Waals surface area contributed by atoms with Gasteiger partial charge in [0.15, 0.2) is 0 Å². The third kappa shape index (κ3) is 6.73. The van der Waals surface area contributed by atoms with E-state index in [4.69, 9.17) is 0 Å². The normalized spacial score (nSPS) is 12.1. The van der Waals surface area contributed by atoms with Crippen LogP contribution in [0.15, 0.2) is 152 Å². The van der Waals surface area contributed by atoms with E-state index < -0.39 is 8.07 Å². The average molecular weight is 799 g/mol. The second kappa shape index (κ2) is 13.9. The summed E-state index contributed by atoms with van der Waals surface area (Å²) in [4.78, 5) is 8.90. The molecule has 0 atom stereocenters. The van der Waals surface area contributed by atoms with E-state index in [1.54, 1.807) is 10.4 Å². The Labute approximate surface area is 292 Å². The standard InChI is InChI=1S/C31H24NSi.C12H10N.Ir/c1-33(2)30-15-4-3-13-27(30)28-17-16-25(21-31(28)33)23-10-7-9-22(19-23)24-11-8-12-26(20-24)29-14-5-6-18-32-29;1-10-6-5-9-12(13-10)11-7-3-2-4-8-11;/h3-11,13-21H,1-2H3;2-7,9H,1H3;/q2*-1;. The molecule has 0 amide bonds. The van der Waals surface area contributed by atoms with E-state index in [2.05, 4.69) is 114 Å². The Balaban J connectivity index is 0.000000232. The van der Waals surface area contributed by atoms with E-state index in [0.29, 0.717) is 0 Å². The minimum Gasteiger partial charge on any atom is -0.305 e. The van der Waals surface area contributed by atoms with Gasteiger partial charge in [0.05, 0.1) is 0 Å². The van der Waals surface area contributed by atoms with Crippen molar-refractivity contribution in [1.29, 1.82) is 0 Å². The molecule has 5 aromatic carbocycles. The molecule has 4 heteroatoms. The molecule has 47 heavy (non-hydrogen) atoms. The smallest absolute Gasteiger partial charge is 0.113 e. The van der Waals surface area contributed by atoms with Crippen molar-refractivity contribution in [3.63, 3.8) is 0 Å². The molecule has 0 fully saturated rings. The van der Waals surface area contributed by atoms with Gasteiger partial charge in [0.1, 0.15) is 8.07 Å². The predicted molar refractivity (Wildman–Crippen MR) is 195 cm³/mol. The summed E-state index contributed by atoms with van der Waals surface area (Å²) < 4.78 is 0. The number of nitrogens with zero attached hydrogens (tertiary/aromatic N) is 2. The summed E-state index contributed by atoms with van der Waals surface area (Å²) in [5.41, 5.74) is 12.8. The molecule has 0 unspecified atom stereocenters. The van der Waals surface area contributed by atoms with E-state index in [0.717, 1.165) is 28.2 Å². The largest absolute Gasteiger partial charge is 0.305 e. The van der Waals surface area contributed by atoms with Crippen molar-refractivity contribution < 1.29 is 20.1 Å². The maximum absolute atomic E-state index is 4.49. The quantitative estimate of drug-likeness (QED) is 0.131. The van der Waals surface area contributed by atoms with E-state index >= 15 is 0 Å². The van der Waals surface area contributed by atoms with Crippen LogP contribution in [0, 0.1) is 19.1 Å². The molecule has 3 heterocycles. The molecule has 0 bridgehead atoms. The van der Waals surface area contributed by atoms with Crippen molar-refractivity contribution in [2.75, 3.05) is 0 Å². The zero-order valence-corrected chi connectivity index (χ0v) is 30.1. The molecule has 1 radical (unpaired) electrons. The Morgan fingerprint density at radius 3 is 1.96 bits per heavy atom. The number of fused-ring (bicyclic) bond motifs is 3. The maximum atomic E-state index is 4.49. The van der Waals surface area contributed by atoms with Crippen molar-refractivity contribution in [2.24, 2.45) is 0 Å². The van der Waals surface area contributed by atoms with Gasteiger partial charge < -0.3 is 9.97 Å². The zero-order chi connectivity index (χ0) is 31.5. The molecule has 2 aromatic heterocycles. The van der Waals surface area contributed by atoms with Crippen LogP contribution < -0.4 is 10.4 Å². The van der Waals surface area contributed by atoms with Gasteiger partial charge in [0.25, 0.3) is 0 Å². The van der Waals surface area contributed by atoms with Crippen molar-refractivity contribution in [3.8, 4) is 55.9 Å². The number of hydrogen-bond donors (Lipinski definition) is 0. The molecule has 0 aliphatic carbocycles. The number of rotatable bonds is 4. The van der Waals surface area contributed by atoms with Gasteiger partial charge in [-0.05, 0) is 74.7 Å². The number of hydrogen-bond acceptors (Lipinski definition) is 2. The summed E-state index contributed by atoms with van der Waals surface area (Å²) in [5.74, 6) is 0. The Kier molecular flexibility index (Phi) is 9.56. The number of aryl methyl sites for hydroxylation is 1. The number of pyridine rings is 2. The van der Waals surface area contributed by atoms with Crippen molar-refractivity contribution in [1.82, 2.24) is 9.97 Å². The predicted octanol–water partition coefficient (Wildman–Crippen LogP) is 9.54. The molecule has 0 spiro atoms. The summed E-state index contributed by atoms with van der Waals surface area (Å²) in [5, 5.41) is 3.09. The fourth-order valence-corrected chi connectivity index (χ4v) is 9.43. The fourth-order valence-electron chi connectivity index (χ4n) is 6.32. The van der Waals surface area contributed by atoms with Crippen molar-refractivity contribution in [2.45, 2.75) is 20.0 Å². The molecule has 0 N–H and O–H groups in total. The Morgan fingerprint density at radius 2 is 1.19 bits per heavy atom. The average Bonchev–Trinajstić information content (AvgIpc) is 3.35. The molecule has 1 aliphatic rings. The van der Waals surface area contributed by atoms with Gasteiger partial charge in [-0.1, -0.05) is 98.0 Å². The number of benzene rings is 5. The Hall–Kier alpha value is -4.73. The molecule has 0 saturated carbocycles. The van der Waals surface area contributed by atoms with Crippen LogP contribution in [0.3, 0.4) is 0 Å². The van der Waals surface area contributed by atoms with Gasteiger partial charge in [-0.3, -0.25) is 0 Å². The first-order valence-corrected chi connectivity index (χ1v) is 18.7. The van der Waals surface area contributed by atoms with Crippen LogP contribution in [0.2, 0.25) is 13.1 Å². The van der Waals surface area contributed by atoms with Gasteiger partial charge >= 0.3 is 0 Å². The van der Waals surface area contributed by atoms with Crippen LogP contribution in [0.5, 0.6) is 0 Å². The maximum Gasteiger partial charge on any atom is 0.113 e. The summed E-state index contributed by atoms with van der Waals surface area (Å²) in [6, 6.07) is 57.5. The van der Waals surface area contributed by atoms with Gasteiger partial charge in [0, 0.05) is 32.0 Å². The van der Waals surface area contributed by atoms with Crippen LogP contribution in [-0.2, 0) is 20.1 Å². The minimum absolute atomic E-state index is 0. The van der Waals surface area contributed by atoms with Gasteiger partial charge in [-0.2, -0.15) is 0 Å². The third-order valence-corrected chi connectivity index (χ3v) is 12.3. The van der Waals surface area contributed by atoms with Gasteiger partial charge in [-0.25, -0.2) is 0 Å². The van der Waals surface area contributed by atoms with Crippen molar-refractivity contribution in [3.05, 3.63) is 170 Å². The first-order chi connectivity index (χ1) is 22.5. The summed E-state index contributed by atoms with van der Waals surface area (Å²) in [6.45, 7) is 6.93. The van der Waals surface area contributed by atoms with E-state index in [-0.39, 0.29) is 20.1 Å². The second-order valence-electron chi connectivity index (χ2n) is 12.2. The SMILES string of the molecule is C[Si]1(C)c2ccccc2-c2ccc(-c3cccc(-c4cc[c-]c(-c5ccccn5)c4)c3)cc21.Cc1cccc(-c2[c-]cccc2)n1.[Ir]. The Bertz CT molecular complexity index is 2140. The molecule has 7 aromatic rings. The zero-order valence-electron chi connectivity index (χ0n) is 26.7. The summed E-state index contributed by atoms with van der Waals surface area (Å²) in [6.07, 6.45) is 1.83. The molecule has 8 rings (SSSR count). The molecule has 2 nitrogen and oxygen atoms in total. The summed E-state index contributed by atoms with van der Waals surface area (Å²) in [7, 11) is -1.68. The molecular formula is C43H34IrN2Si-2. The number of aromatic nitrogens is 2. The van der Waals surface area contributed by atoms with E-state index in [9.17, 15) is 0 Å². The molecule has 231 valence electrons. The van der Waals surface area contributed by atoms with Crippen LogP contribution in [0.4, 0.5) is 0 Å². The van der Waals surface area contributed by atoms with Gasteiger partial charge in [-0.15, -0.1) is 71.3 Å². The fraction of sp³-hybridized carbons (Fsp3) is 0.0698. The Morgan fingerprint density at radius 1 is 0.511 bits per heavy atom. The molecule has 1 aliphatic heterocycles. The van der Waals surface area contributed by atoms with Gasteiger partial charge in [0.2, 0.25) is 0 Å². The molecule has 0 saturated heterocycles. The monoisotopic (exact) mass is 799 g/mol. The van der Waals surface area contributed by atoms with E-state index in [1.807, 2.05) is 79.9 Å². The van der Waals surface area contributed by atoms with Crippen LogP contribution >= 0.6 is 0 Å². The topological polar surface area (TPSA) is 25.8 Å². The van der Waals surface area contributed by atoms with Crippen LogP contribution in [-0.4, -0.2) is 18.0 Å². The second-order valence-corrected chi connectivity index (χ2v) is 16.5. The molecular weight excluding hydrogens is 765 g/mol. The van der Waals surface area contributed by atoms with E-state index in [1.165, 1.54) is 33.4 Å². The van der Waals surface area contributed by atoms with Crippen molar-refractivity contribution >= 4 is 18.4 Å². The first-order valence-electron chi connectivity index (χ1n) is 15.7. The minimum atomic E-state index is -1.68.